The Balaban J connectivity index is 1.89. The van der Waals surface area contributed by atoms with Gasteiger partial charge in [-0.1, -0.05) is 12.1 Å². The highest BCUT2D eigenvalue weighted by Gasteiger charge is 2.35. The zero-order chi connectivity index (χ0) is 18.4. The molecule has 0 aromatic heterocycles. The highest BCUT2D eigenvalue weighted by Crippen LogP contribution is 2.20. The second kappa shape index (κ2) is 8.29. The molecule has 1 aliphatic rings. The number of nitriles is 1. The zero-order valence-corrected chi connectivity index (χ0v) is 14.4. The summed E-state index contributed by atoms with van der Waals surface area (Å²) in [5.74, 6) is -0.830. The molecule has 0 spiro atoms. The van der Waals surface area contributed by atoms with Crippen LogP contribution in [0.3, 0.4) is 0 Å². The van der Waals surface area contributed by atoms with Crippen LogP contribution in [0.5, 0.6) is 0 Å². The Morgan fingerprint density at radius 3 is 2.80 bits per heavy atom. The van der Waals surface area contributed by atoms with Gasteiger partial charge in [-0.2, -0.15) is 5.26 Å². The molecule has 3 amide bonds. The second-order valence-corrected chi connectivity index (χ2v) is 6.34. The Hall–Kier alpha value is -2.88. The highest BCUT2D eigenvalue weighted by atomic mass is 16.2. The van der Waals surface area contributed by atoms with Gasteiger partial charge in [0.1, 0.15) is 6.42 Å². The van der Waals surface area contributed by atoms with Crippen molar-refractivity contribution in [3.8, 4) is 6.07 Å². The second-order valence-electron chi connectivity index (χ2n) is 6.34. The molecule has 1 heterocycles. The standard InChI is InChI=1S/C18H22N4O3/c1-12(2)22-11-14(9-17(22)24)18(25)20-10-13-4-3-5-15(8-13)21-16(23)6-7-19/h3-5,8,12,14H,6,9-11H2,1-2H3,(H,20,25)(H,21,23). The number of benzene rings is 1. The summed E-state index contributed by atoms with van der Waals surface area (Å²) in [5, 5.41) is 14.0. The molecule has 1 aromatic rings. The summed E-state index contributed by atoms with van der Waals surface area (Å²) in [6.07, 6.45) is 0.0390. The van der Waals surface area contributed by atoms with Gasteiger partial charge in [-0.25, -0.2) is 0 Å². The van der Waals surface area contributed by atoms with Gasteiger partial charge in [-0.05, 0) is 31.5 Å². The van der Waals surface area contributed by atoms with Crippen LogP contribution in [0.15, 0.2) is 24.3 Å². The molecule has 1 aliphatic heterocycles. The predicted molar refractivity (Wildman–Crippen MR) is 92.1 cm³/mol. The Morgan fingerprint density at radius 1 is 1.40 bits per heavy atom. The molecule has 1 fully saturated rings. The van der Waals surface area contributed by atoms with Gasteiger partial charge >= 0.3 is 0 Å². The predicted octanol–water partition coefficient (Wildman–Crippen LogP) is 1.41. The number of rotatable bonds is 6. The number of carbonyl (C=O) groups excluding carboxylic acids is 3. The van der Waals surface area contributed by atoms with Crippen LogP contribution in [-0.2, 0) is 20.9 Å². The van der Waals surface area contributed by atoms with Gasteiger partial charge in [0.15, 0.2) is 0 Å². The van der Waals surface area contributed by atoms with Crippen molar-refractivity contribution in [2.24, 2.45) is 5.92 Å². The number of nitrogens with zero attached hydrogens (tertiary/aromatic N) is 2. The van der Waals surface area contributed by atoms with Crippen molar-refractivity contribution in [1.29, 1.82) is 5.26 Å². The summed E-state index contributed by atoms with van der Waals surface area (Å²) in [6, 6.07) is 8.95. The Kier molecular flexibility index (Phi) is 6.12. The maximum absolute atomic E-state index is 12.3. The minimum Gasteiger partial charge on any atom is -0.352 e. The van der Waals surface area contributed by atoms with Crippen LogP contribution in [-0.4, -0.2) is 35.2 Å². The fourth-order valence-corrected chi connectivity index (χ4v) is 2.78. The van der Waals surface area contributed by atoms with Crippen molar-refractivity contribution in [3.63, 3.8) is 0 Å². The molecule has 1 aromatic carbocycles. The van der Waals surface area contributed by atoms with Gasteiger partial charge in [-0.15, -0.1) is 0 Å². The van der Waals surface area contributed by atoms with E-state index in [0.29, 0.717) is 18.8 Å². The molecular formula is C18H22N4O3. The highest BCUT2D eigenvalue weighted by molar-refractivity contribution is 5.92. The molecule has 25 heavy (non-hydrogen) atoms. The summed E-state index contributed by atoms with van der Waals surface area (Å²) in [6.45, 7) is 4.63. The minimum absolute atomic E-state index is 0.0114. The number of hydrogen-bond donors (Lipinski definition) is 2. The lowest BCUT2D eigenvalue weighted by Gasteiger charge is -2.20. The Labute approximate surface area is 147 Å². The van der Waals surface area contributed by atoms with E-state index in [0.717, 1.165) is 5.56 Å². The normalized spacial score (nSPS) is 16.6. The number of carbonyl (C=O) groups is 3. The molecule has 0 saturated carbocycles. The molecule has 2 N–H and O–H groups in total. The fourth-order valence-electron chi connectivity index (χ4n) is 2.78. The van der Waals surface area contributed by atoms with Gasteiger partial charge in [0.25, 0.3) is 0 Å². The van der Waals surface area contributed by atoms with Gasteiger partial charge in [0, 0.05) is 31.2 Å². The molecule has 7 nitrogen and oxygen atoms in total. The average Bonchev–Trinajstić information content (AvgIpc) is 2.95. The number of likely N-dealkylation sites (tertiary alicyclic amines) is 1. The summed E-state index contributed by atoms with van der Waals surface area (Å²) < 4.78 is 0. The summed E-state index contributed by atoms with van der Waals surface area (Å²) in [4.78, 5) is 37.3. The smallest absolute Gasteiger partial charge is 0.238 e. The average molecular weight is 342 g/mol. The first kappa shape index (κ1) is 18.5. The number of amides is 3. The first-order valence-electron chi connectivity index (χ1n) is 8.23. The lowest BCUT2D eigenvalue weighted by molar-refractivity contribution is -0.130. The number of anilines is 1. The van der Waals surface area contributed by atoms with Crippen LogP contribution in [0.4, 0.5) is 5.69 Å². The van der Waals surface area contributed by atoms with E-state index in [9.17, 15) is 14.4 Å². The largest absolute Gasteiger partial charge is 0.352 e. The van der Waals surface area contributed by atoms with E-state index in [-0.39, 0.29) is 42.5 Å². The molecular weight excluding hydrogens is 320 g/mol. The monoisotopic (exact) mass is 342 g/mol. The molecule has 1 saturated heterocycles. The zero-order valence-electron chi connectivity index (χ0n) is 14.4. The van der Waals surface area contributed by atoms with E-state index in [1.54, 1.807) is 29.2 Å². The van der Waals surface area contributed by atoms with Crippen LogP contribution in [0.1, 0.15) is 32.3 Å². The van der Waals surface area contributed by atoms with Crippen LogP contribution in [0.2, 0.25) is 0 Å². The molecule has 0 bridgehead atoms. The molecule has 7 heteroatoms. The number of hydrogen-bond acceptors (Lipinski definition) is 4. The maximum atomic E-state index is 12.3. The van der Waals surface area contributed by atoms with Crippen molar-refractivity contribution in [2.45, 2.75) is 39.3 Å². The van der Waals surface area contributed by atoms with Gasteiger partial charge in [0.05, 0.1) is 12.0 Å². The third-order valence-electron chi connectivity index (χ3n) is 4.07. The first-order valence-corrected chi connectivity index (χ1v) is 8.23. The van der Waals surface area contributed by atoms with Gasteiger partial charge < -0.3 is 15.5 Å². The lowest BCUT2D eigenvalue weighted by atomic mass is 10.1. The topological polar surface area (TPSA) is 102 Å². The third-order valence-corrected chi connectivity index (χ3v) is 4.07. The van der Waals surface area contributed by atoms with Crippen LogP contribution < -0.4 is 10.6 Å². The summed E-state index contributed by atoms with van der Waals surface area (Å²) >= 11 is 0. The molecule has 0 radical (unpaired) electrons. The molecule has 2 rings (SSSR count). The van der Waals surface area contributed by atoms with E-state index in [1.807, 2.05) is 19.9 Å². The van der Waals surface area contributed by atoms with Crippen molar-refractivity contribution >= 4 is 23.4 Å². The molecule has 1 unspecified atom stereocenters. The van der Waals surface area contributed by atoms with Crippen LogP contribution in [0, 0.1) is 17.2 Å². The van der Waals surface area contributed by atoms with Gasteiger partial charge in [0.2, 0.25) is 17.7 Å². The third kappa shape index (κ3) is 5.05. The van der Waals surface area contributed by atoms with Crippen molar-refractivity contribution in [3.05, 3.63) is 29.8 Å². The lowest BCUT2D eigenvalue weighted by Crippen LogP contribution is -2.35. The van der Waals surface area contributed by atoms with Crippen molar-refractivity contribution < 1.29 is 14.4 Å². The van der Waals surface area contributed by atoms with Crippen molar-refractivity contribution in [2.75, 3.05) is 11.9 Å². The molecule has 0 aliphatic carbocycles. The van der Waals surface area contributed by atoms with Crippen LogP contribution >= 0.6 is 0 Å². The summed E-state index contributed by atoms with van der Waals surface area (Å²) in [5.41, 5.74) is 1.40. The van der Waals surface area contributed by atoms with E-state index >= 15 is 0 Å². The fraction of sp³-hybridized carbons (Fsp3) is 0.444. The van der Waals surface area contributed by atoms with Crippen LogP contribution in [0.25, 0.3) is 0 Å². The van der Waals surface area contributed by atoms with E-state index in [2.05, 4.69) is 10.6 Å². The molecule has 132 valence electrons. The van der Waals surface area contributed by atoms with E-state index in [4.69, 9.17) is 5.26 Å². The summed E-state index contributed by atoms with van der Waals surface area (Å²) in [7, 11) is 0. The minimum atomic E-state index is -0.373. The quantitative estimate of drug-likeness (QED) is 0.816. The van der Waals surface area contributed by atoms with E-state index < -0.39 is 0 Å². The SMILES string of the molecule is CC(C)N1CC(C(=O)NCc2cccc(NC(=O)CC#N)c2)CC1=O. The maximum Gasteiger partial charge on any atom is 0.238 e. The van der Waals surface area contributed by atoms with E-state index in [1.165, 1.54) is 0 Å². The number of nitrogens with one attached hydrogen (secondary N) is 2. The Morgan fingerprint density at radius 2 is 2.16 bits per heavy atom. The Bertz CT molecular complexity index is 709. The van der Waals surface area contributed by atoms with Crippen molar-refractivity contribution in [1.82, 2.24) is 10.2 Å². The van der Waals surface area contributed by atoms with Gasteiger partial charge in [-0.3, -0.25) is 14.4 Å². The first-order chi connectivity index (χ1) is 11.9. The molecule has 1 atom stereocenters.